The summed E-state index contributed by atoms with van der Waals surface area (Å²) in [7, 11) is 1.61. The molecule has 134 valence electrons. The van der Waals surface area contributed by atoms with Crippen molar-refractivity contribution in [2.45, 2.75) is 25.7 Å². The van der Waals surface area contributed by atoms with Crippen LogP contribution in [0.2, 0.25) is 0 Å². The lowest BCUT2D eigenvalue weighted by atomic mass is 9.83. The zero-order chi connectivity index (χ0) is 18.3. The van der Waals surface area contributed by atoms with Crippen LogP contribution < -0.4 is 10.1 Å². The molecule has 0 saturated carbocycles. The summed E-state index contributed by atoms with van der Waals surface area (Å²) < 4.78 is 5.16. The van der Waals surface area contributed by atoms with Crippen LogP contribution in [0, 0.1) is 5.92 Å². The molecule has 1 heterocycles. The Hall–Kier alpha value is -2.40. The van der Waals surface area contributed by atoms with Gasteiger partial charge in [0.15, 0.2) is 0 Å². The van der Waals surface area contributed by atoms with Crippen LogP contribution in [0.1, 0.15) is 25.1 Å². The normalized spacial score (nSPS) is 12.5. The van der Waals surface area contributed by atoms with E-state index in [1.165, 1.54) is 0 Å². The average molecular weight is 342 g/mol. The molecule has 0 aliphatic heterocycles. The highest BCUT2D eigenvalue weighted by molar-refractivity contribution is 5.87. The van der Waals surface area contributed by atoms with E-state index >= 15 is 0 Å². The fourth-order valence-corrected chi connectivity index (χ4v) is 2.61. The van der Waals surface area contributed by atoms with Gasteiger partial charge in [-0.2, -0.15) is 0 Å². The molecule has 2 rings (SSSR count). The Morgan fingerprint density at radius 3 is 2.52 bits per heavy atom. The molecule has 0 saturated heterocycles. The van der Waals surface area contributed by atoms with Gasteiger partial charge in [-0.3, -0.25) is 9.78 Å². The molecule has 2 N–H and O–H groups in total. The molecule has 0 aliphatic rings. The number of aromatic nitrogens is 1. The van der Waals surface area contributed by atoms with E-state index < -0.39 is 5.41 Å². The van der Waals surface area contributed by atoms with Gasteiger partial charge in [0.05, 0.1) is 12.5 Å². The summed E-state index contributed by atoms with van der Waals surface area (Å²) in [6.45, 7) is 4.18. The second-order valence-electron chi connectivity index (χ2n) is 6.64. The first kappa shape index (κ1) is 18.9. The molecule has 1 aromatic carbocycles. The smallest absolute Gasteiger partial charge is 0.230 e. The predicted octanol–water partition coefficient (Wildman–Crippen LogP) is 2.34. The highest BCUT2D eigenvalue weighted by atomic mass is 16.5. The molecule has 0 bridgehead atoms. The second-order valence-corrected chi connectivity index (χ2v) is 6.64. The van der Waals surface area contributed by atoms with Crippen molar-refractivity contribution in [1.29, 1.82) is 0 Å². The summed E-state index contributed by atoms with van der Waals surface area (Å²) >= 11 is 0. The monoisotopic (exact) mass is 342 g/mol. The third-order valence-electron chi connectivity index (χ3n) is 4.41. The maximum atomic E-state index is 12.7. The Bertz CT molecular complexity index is 669. The highest BCUT2D eigenvalue weighted by Crippen LogP contribution is 2.25. The lowest BCUT2D eigenvalue weighted by Crippen LogP contribution is -2.42. The van der Waals surface area contributed by atoms with Crippen molar-refractivity contribution in [1.82, 2.24) is 10.3 Å². The van der Waals surface area contributed by atoms with Crippen molar-refractivity contribution >= 4 is 5.91 Å². The number of nitrogens with zero attached hydrogens (tertiary/aromatic N) is 1. The number of amides is 1. The summed E-state index contributed by atoms with van der Waals surface area (Å²) in [5.41, 5.74) is 1.15. The fourth-order valence-electron chi connectivity index (χ4n) is 2.61. The average Bonchev–Trinajstić information content (AvgIpc) is 2.65. The highest BCUT2D eigenvalue weighted by Gasteiger charge is 2.30. The van der Waals surface area contributed by atoms with Crippen LogP contribution in [0.3, 0.4) is 0 Å². The van der Waals surface area contributed by atoms with Crippen molar-refractivity contribution in [3.05, 3.63) is 59.9 Å². The van der Waals surface area contributed by atoms with E-state index in [2.05, 4.69) is 10.3 Å². The number of ether oxygens (including phenoxy) is 1. The van der Waals surface area contributed by atoms with Crippen LogP contribution in [0.15, 0.2) is 48.7 Å². The van der Waals surface area contributed by atoms with Crippen molar-refractivity contribution in [2.24, 2.45) is 5.92 Å². The Labute approximate surface area is 149 Å². The zero-order valence-corrected chi connectivity index (χ0v) is 15.0. The molecule has 1 atom stereocenters. The minimum absolute atomic E-state index is 0.000180. The van der Waals surface area contributed by atoms with E-state index in [0.717, 1.165) is 17.0 Å². The Morgan fingerprint density at radius 1 is 1.24 bits per heavy atom. The number of nitrogens with one attached hydrogen (secondary N) is 1. The number of pyridine rings is 1. The maximum absolute atomic E-state index is 12.7. The molecule has 25 heavy (non-hydrogen) atoms. The van der Waals surface area contributed by atoms with Crippen molar-refractivity contribution in [3.8, 4) is 5.75 Å². The summed E-state index contributed by atoms with van der Waals surface area (Å²) in [6, 6.07) is 13.2. The largest absolute Gasteiger partial charge is 0.497 e. The number of carbonyl (C=O) groups excluding carboxylic acids is 1. The van der Waals surface area contributed by atoms with E-state index in [0.29, 0.717) is 13.0 Å². The first-order valence-electron chi connectivity index (χ1n) is 8.41. The summed E-state index contributed by atoms with van der Waals surface area (Å²) in [4.78, 5) is 16.9. The van der Waals surface area contributed by atoms with Gasteiger partial charge in [0.2, 0.25) is 5.91 Å². The Morgan fingerprint density at radius 2 is 1.96 bits per heavy atom. The minimum atomic E-state index is -0.669. The van der Waals surface area contributed by atoms with Gasteiger partial charge in [-0.05, 0) is 50.1 Å². The predicted molar refractivity (Wildman–Crippen MR) is 97.5 cm³/mol. The molecule has 0 spiro atoms. The summed E-state index contributed by atoms with van der Waals surface area (Å²) in [5, 5.41) is 12.5. The number of aliphatic hydroxyl groups excluding tert-OH is 1. The van der Waals surface area contributed by atoms with E-state index in [9.17, 15) is 9.90 Å². The minimum Gasteiger partial charge on any atom is -0.497 e. The van der Waals surface area contributed by atoms with Crippen LogP contribution in [-0.2, 0) is 16.6 Å². The van der Waals surface area contributed by atoms with Gasteiger partial charge < -0.3 is 15.2 Å². The number of hydrogen-bond acceptors (Lipinski definition) is 4. The van der Waals surface area contributed by atoms with E-state index in [1.807, 2.05) is 56.3 Å². The molecule has 1 aromatic heterocycles. The molecular formula is C20H26N2O3. The van der Waals surface area contributed by atoms with Gasteiger partial charge in [-0.25, -0.2) is 0 Å². The van der Waals surface area contributed by atoms with Crippen LogP contribution in [0.4, 0.5) is 0 Å². The molecule has 0 aliphatic carbocycles. The molecule has 5 heteroatoms. The topological polar surface area (TPSA) is 71.5 Å². The lowest BCUT2D eigenvalue weighted by molar-refractivity contribution is -0.125. The van der Waals surface area contributed by atoms with E-state index in [4.69, 9.17) is 4.74 Å². The number of methoxy groups -OCH3 is 1. The molecule has 2 aromatic rings. The van der Waals surface area contributed by atoms with Crippen LogP contribution in [0.25, 0.3) is 0 Å². The Balaban J connectivity index is 1.96. The van der Waals surface area contributed by atoms with E-state index in [-0.39, 0.29) is 18.4 Å². The van der Waals surface area contributed by atoms with Gasteiger partial charge >= 0.3 is 0 Å². The molecule has 5 nitrogen and oxygen atoms in total. The van der Waals surface area contributed by atoms with Crippen LogP contribution >= 0.6 is 0 Å². The quantitative estimate of drug-likeness (QED) is 0.772. The van der Waals surface area contributed by atoms with Gasteiger partial charge in [-0.15, -0.1) is 0 Å². The maximum Gasteiger partial charge on any atom is 0.230 e. The third-order valence-corrected chi connectivity index (χ3v) is 4.41. The molecular weight excluding hydrogens is 316 g/mol. The third kappa shape index (κ3) is 5.03. The van der Waals surface area contributed by atoms with Gasteiger partial charge in [0.25, 0.3) is 0 Å². The van der Waals surface area contributed by atoms with Crippen molar-refractivity contribution < 1.29 is 14.6 Å². The Kier molecular flexibility index (Phi) is 6.53. The molecule has 0 fully saturated rings. The number of rotatable bonds is 8. The van der Waals surface area contributed by atoms with Gasteiger partial charge in [-0.1, -0.05) is 18.2 Å². The SMILES string of the molecule is COc1ccc(C(C)(C)C(=O)NCC(CO)Cc2ccccn2)cc1. The fraction of sp³-hybridized carbons (Fsp3) is 0.400. The van der Waals surface area contributed by atoms with Crippen molar-refractivity contribution in [3.63, 3.8) is 0 Å². The van der Waals surface area contributed by atoms with Gasteiger partial charge in [0.1, 0.15) is 5.75 Å². The number of carbonyl (C=O) groups is 1. The van der Waals surface area contributed by atoms with Crippen LogP contribution in [0.5, 0.6) is 5.75 Å². The summed E-state index contributed by atoms with van der Waals surface area (Å²) in [6.07, 6.45) is 2.36. The zero-order valence-electron chi connectivity index (χ0n) is 15.0. The second kappa shape index (κ2) is 8.62. The first-order valence-corrected chi connectivity index (χ1v) is 8.41. The summed E-state index contributed by atoms with van der Waals surface area (Å²) in [5.74, 6) is 0.623. The number of benzene rings is 1. The standard InChI is InChI=1S/C20H26N2O3/c1-20(2,16-7-9-18(25-3)10-8-16)19(24)22-13-15(14-23)12-17-6-4-5-11-21-17/h4-11,15,23H,12-14H2,1-3H3,(H,22,24). The molecule has 1 amide bonds. The number of aliphatic hydroxyl groups is 1. The van der Waals surface area contributed by atoms with Gasteiger partial charge in [0, 0.05) is 31.0 Å². The van der Waals surface area contributed by atoms with Crippen molar-refractivity contribution in [2.75, 3.05) is 20.3 Å². The first-order chi connectivity index (χ1) is 12.0. The lowest BCUT2D eigenvalue weighted by Gasteiger charge is -2.25. The van der Waals surface area contributed by atoms with E-state index in [1.54, 1.807) is 13.3 Å². The molecule has 0 radical (unpaired) electrons. The number of hydrogen-bond donors (Lipinski definition) is 2. The van der Waals surface area contributed by atoms with Crippen LogP contribution in [-0.4, -0.2) is 36.3 Å². The molecule has 1 unspecified atom stereocenters.